The van der Waals surface area contributed by atoms with E-state index in [-0.39, 0.29) is 6.61 Å². The molecule has 0 fully saturated rings. The number of methoxy groups -OCH3 is 1. The molecular weight excluding hydrogens is 287 g/mol. The highest BCUT2D eigenvalue weighted by atomic mass is 19.1. The van der Waals surface area contributed by atoms with Gasteiger partial charge in [0.05, 0.1) is 12.7 Å². The normalized spacial score (nSPS) is 9.68. The summed E-state index contributed by atoms with van der Waals surface area (Å²) in [6.07, 6.45) is 0. The predicted molar refractivity (Wildman–Crippen MR) is 78.2 cm³/mol. The molecule has 1 amide bonds. The topological polar surface area (TPSA) is 71.3 Å². The lowest BCUT2D eigenvalue weighted by molar-refractivity contribution is -0.118. The summed E-state index contributed by atoms with van der Waals surface area (Å²) in [6.45, 7) is -0.244. The average molecular weight is 300 g/mol. The predicted octanol–water partition coefficient (Wildman–Crippen LogP) is 2.72. The van der Waals surface area contributed by atoms with E-state index >= 15 is 0 Å². The van der Waals surface area contributed by atoms with Gasteiger partial charge in [0, 0.05) is 11.8 Å². The van der Waals surface area contributed by atoms with Crippen LogP contribution >= 0.6 is 0 Å². The quantitative estimate of drug-likeness (QED) is 0.921. The second-order valence-corrected chi connectivity index (χ2v) is 4.32. The summed E-state index contributed by atoms with van der Waals surface area (Å²) in [6, 6.07) is 12.2. The summed E-state index contributed by atoms with van der Waals surface area (Å²) in [4.78, 5) is 11.7. The lowest BCUT2D eigenvalue weighted by atomic mass is 10.2. The standard InChI is InChI=1S/C16H13FN2O3/c1-21-15-8-14(6-5-11(15)9-18)22-10-16(20)19-13-4-2-3-12(17)7-13/h2-8H,10H2,1H3,(H,19,20). The number of carbonyl (C=O) groups is 1. The van der Waals surface area contributed by atoms with Gasteiger partial charge in [-0.25, -0.2) is 4.39 Å². The average Bonchev–Trinajstić information content (AvgIpc) is 2.52. The number of ether oxygens (including phenoxy) is 2. The third kappa shape index (κ3) is 3.96. The van der Waals surface area contributed by atoms with Crippen LogP contribution < -0.4 is 14.8 Å². The molecule has 0 heterocycles. The molecule has 112 valence electrons. The number of nitrogens with one attached hydrogen (secondary N) is 1. The smallest absolute Gasteiger partial charge is 0.262 e. The summed E-state index contributed by atoms with van der Waals surface area (Å²) >= 11 is 0. The maximum Gasteiger partial charge on any atom is 0.262 e. The van der Waals surface area contributed by atoms with Crippen molar-refractivity contribution in [3.63, 3.8) is 0 Å². The Bertz CT molecular complexity index is 726. The molecular formula is C16H13FN2O3. The zero-order chi connectivity index (χ0) is 15.9. The molecule has 5 nitrogen and oxygen atoms in total. The Morgan fingerprint density at radius 1 is 1.32 bits per heavy atom. The van der Waals surface area contributed by atoms with Gasteiger partial charge in [-0.2, -0.15) is 5.26 Å². The van der Waals surface area contributed by atoms with E-state index in [1.807, 2.05) is 6.07 Å². The molecule has 2 aromatic carbocycles. The van der Waals surface area contributed by atoms with Gasteiger partial charge in [0.15, 0.2) is 6.61 Å². The van der Waals surface area contributed by atoms with Crippen molar-refractivity contribution in [3.05, 3.63) is 53.8 Å². The molecule has 0 aliphatic rings. The van der Waals surface area contributed by atoms with Crippen molar-refractivity contribution in [2.45, 2.75) is 0 Å². The number of amides is 1. The lowest BCUT2D eigenvalue weighted by Crippen LogP contribution is -2.20. The molecule has 0 atom stereocenters. The van der Waals surface area contributed by atoms with Crippen LogP contribution in [0.2, 0.25) is 0 Å². The van der Waals surface area contributed by atoms with Crippen LogP contribution in [0.1, 0.15) is 5.56 Å². The molecule has 6 heteroatoms. The van der Waals surface area contributed by atoms with Gasteiger partial charge >= 0.3 is 0 Å². The van der Waals surface area contributed by atoms with Crippen molar-refractivity contribution >= 4 is 11.6 Å². The summed E-state index contributed by atoms with van der Waals surface area (Å²) in [7, 11) is 1.44. The zero-order valence-electron chi connectivity index (χ0n) is 11.8. The Kier molecular flexibility index (Phi) is 4.94. The second-order valence-electron chi connectivity index (χ2n) is 4.32. The minimum Gasteiger partial charge on any atom is -0.495 e. The number of anilines is 1. The summed E-state index contributed by atoms with van der Waals surface area (Å²) in [5, 5.41) is 11.4. The number of nitrogens with zero attached hydrogens (tertiary/aromatic N) is 1. The van der Waals surface area contributed by atoms with E-state index in [1.54, 1.807) is 18.2 Å². The molecule has 22 heavy (non-hydrogen) atoms. The van der Waals surface area contributed by atoms with Gasteiger partial charge < -0.3 is 14.8 Å². The molecule has 0 aliphatic carbocycles. The first-order valence-electron chi connectivity index (χ1n) is 6.38. The van der Waals surface area contributed by atoms with E-state index in [0.717, 1.165) is 0 Å². The Labute approximate surface area is 126 Å². The summed E-state index contributed by atoms with van der Waals surface area (Å²) in [5.74, 6) is -0.0970. The fraction of sp³-hybridized carbons (Fsp3) is 0.125. The number of hydrogen-bond acceptors (Lipinski definition) is 4. The minimum atomic E-state index is -0.435. The minimum absolute atomic E-state index is 0.244. The largest absolute Gasteiger partial charge is 0.495 e. The van der Waals surface area contributed by atoms with Crippen molar-refractivity contribution in [3.8, 4) is 17.6 Å². The van der Waals surface area contributed by atoms with Crippen LogP contribution in [0.5, 0.6) is 11.5 Å². The van der Waals surface area contributed by atoms with Crippen LogP contribution in [0.25, 0.3) is 0 Å². The molecule has 2 rings (SSSR count). The maximum atomic E-state index is 13.0. The molecule has 0 bridgehead atoms. The number of benzene rings is 2. The highest BCUT2D eigenvalue weighted by molar-refractivity contribution is 5.91. The van der Waals surface area contributed by atoms with Crippen LogP contribution in [0.3, 0.4) is 0 Å². The van der Waals surface area contributed by atoms with Crippen LogP contribution in [0.4, 0.5) is 10.1 Å². The van der Waals surface area contributed by atoms with E-state index in [1.165, 1.54) is 31.4 Å². The highest BCUT2D eigenvalue weighted by Crippen LogP contribution is 2.23. The number of nitriles is 1. The van der Waals surface area contributed by atoms with Gasteiger partial charge in [0.1, 0.15) is 23.4 Å². The Morgan fingerprint density at radius 3 is 2.82 bits per heavy atom. The number of carbonyl (C=O) groups excluding carboxylic acids is 1. The molecule has 2 aromatic rings. The van der Waals surface area contributed by atoms with E-state index in [4.69, 9.17) is 14.7 Å². The molecule has 0 spiro atoms. The first-order chi connectivity index (χ1) is 10.6. The first-order valence-corrected chi connectivity index (χ1v) is 6.38. The Hall–Kier alpha value is -3.07. The third-order valence-electron chi connectivity index (χ3n) is 2.77. The van der Waals surface area contributed by atoms with Crippen LogP contribution in [0, 0.1) is 17.1 Å². The highest BCUT2D eigenvalue weighted by Gasteiger charge is 2.07. The Balaban J connectivity index is 1.95. The van der Waals surface area contributed by atoms with Crippen molar-refractivity contribution in [1.29, 1.82) is 5.26 Å². The van der Waals surface area contributed by atoms with E-state index < -0.39 is 11.7 Å². The van der Waals surface area contributed by atoms with Gasteiger partial charge in [-0.05, 0) is 30.3 Å². The maximum absolute atomic E-state index is 13.0. The van der Waals surface area contributed by atoms with Crippen molar-refractivity contribution in [1.82, 2.24) is 0 Å². The van der Waals surface area contributed by atoms with Gasteiger partial charge in [0.2, 0.25) is 0 Å². The van der Waals surface area contributed by atoms with E-state index in [9.17, 15) is 9.18 Å². The second kappa shape index (κ2) is 7.09. The molecule has 0 aromatic heterocycles. The number of rotatable bonds is 5. The van der Waals surface area contributed by atoms with Gasteiger partial charge in [-0.1, -0.05) is 6.07 Å². The van der Waals surface area contributed by atoms with Crippen LogP contribution in [0.15, 0.2) is 42.5 Å². The molecule has 0 aliphatic heterocycles. The van der Waals surface area contributed by atoms with E-state index in [0.29, 0.717) is 22.7 Å². The molecule has 0 saturated carbocycles. The lowest BCUT2D eigenvalue weighted by Gasteiger charge is -2.09. The van der Waals surface area contributed by atoms with Crippen molar-refractivity contribution in [2.75, 3.05) is 19.0 Å². The SMILES string of the molecule is COc1cc(OCC(=O)Nc2cccc(F)c2)ccc1C#N. The van der Waals surface area contributed by atoms with Gasteiger partial charge in [-0.15, -0.1) is 0 Å². The fourth-order valence-electron chi connectivity index (χ4n) is 1.77. The summed E-state index contributed by atoms with van der Waals surface area (Å²) in [5.41, 5.74) is 0.727. The number of hydrogen-bond donors (Lipinski definition) is 1. The molecule has 0 saturated heterocycles. The van der Waals surface area contributed by atoms with Crippen LogP contribution in [-0.2, 0) is 4.79 Å². The van der Waals surface area contributed by atoms with Crippen molar-refractivity contribution < 1.29 is 18.7 Å². The fourth-order valence-corrected chi connectivity index (χ4v) is 1.77. The van der Waals surface area contributed by atoms with Gasteiger partial charge in [-0.3, -0.25) is 4.79 Å². The van der Waals surface area contributed by atoms with Crippen LogP contribution in [-0.4, -0.2) is 19.6 Å². The summed E-state index contributed by atoms with van der Waals surface area (Å²) < 4.78 is 23.4. The molecule has 0 unspecified atom stereocenters. The number of halogens is 1. The van der Waals surface area contributed by atoms with E-state index in [2.05, 4.69) is 5.32 Å². The van der Waals surface area contributed by atoms with Crippen molar-refractivity contribution in [2.24, 2.45) is 0 Å². The first kappa shape index (κ1) is 15.3. The zero-order valence-corrected chi connectivity index (χ0v) is 11.8. The molecule has 1 N–H and O–H groups in total. The Morgan fingerprint density at radius 2 is 2.14 bits per heavy atom. The van der Waals surface area contributed by atoms with Gasteiger partial charge in [0.25, 0.3) is 5.91 Å². The molecule has 0 radical (unpaired) electrons. The monoisotopic (exact) mass is 300 g/mol. The third-order valence-corrected chi connectivity index (χ3v) is 2.77.